The lowest BCUT2D eigenvalue weighted by atomic mass is 10.2. The second-order valence-corrected chi connectivity index (χ2v) is 3.67. The number of allylic oxidation sites excluding steroid dienone is 1. The van der Waals surface area contributed by atoms with Gasteiger partial charge in [0.05, 0.1) is 0 Å². The molecule has 2 heteroatoms. The highest BCUT2D eigenvalue weighted by atomic mass is 127. The minimum atomic E-state index is 0.575. The first-order valence-corrected chi connectivity index (χ1v) is 4.92. The number of halogens is 2. The third-order valence-electron chi connectivity index (χ3n) is 1.25. The van der Waals surface area contributed by atoms with Crippen LogP contribution >= 0.6 is 34.2 Å². The number of rotatable bonds is 2. The average Bonchev–Trinajstić information content (AvgIpc) is 2.01. The maximum absolute atomic E-state index is 5.50. The molecule has 0 nitrogen and oxygen atoms in total. The first-order chi connectivity index (χ1) is 5.33. The van der Waals surface area contributed by atoms with E-state index < -0.39 is 0 Å². The molecule has 0 aromatic heterocycles. The summed E-state index contributed by atoms with van der Waals surface area (Å²) < 4.78 is 1.25. The fraction of sp³-hybridized carbons (Fsp3) is 0.111. The lowest BCUT2D eigenvalue weighted by Crippen LogP contribution is -1.73. The molecule has 0 saturated heterocycles. The molecule has 0 N–H and O–H groups in total. The molecule has 0 aliphatic carbocycles. The zero-order valence-electron chi connectivity index (χ0n) is 5.93. The maximum atomic E-state index is 5.50. The van der Waals surface area contributed by atoms with E-state index in [2.05, 4.69) is 40.8 Å². The summed E-state index contributed by atoms with van der Waals surface area (Å²) in [5, 5.41) is 0. The van der Waals surface area contributed by atoms with Gasteiger partial charge >= 0.3 is 0 Å². The Balaban J connectivity index is 2.79. The minimum Gasteiger partial charge on any atom is -0.122 e. The van der Waals surface area contributed by atoms with E-state index >= 15 is 0 Å². The van der Waals surface area contributed by atoms with Gasteiger partial charge in [-0.2, -0.15) is 0 Å². The van der Waals surface area contributed by atoms with Crippen molar-refractivity contribution in [1.82, 2.24) is 0 Å². The lowest BCUT2D eigenvalue weighted by molar-refractivity contribution is 1.60. The molecule has 0 fully saturated rings. The first kappa shape index (κ1) is 9.07. The molecule has 0 saturated carbocycles. The maximum Gasteiger partial charge on any atom is 0.0407 e. The van der Waals surface area contributed by atoms with Crippen LogP contribution in [0.3, 0.4) is 0 Å². The van der Waals surface area contributed by atoms with Crippen LogP contribution in [-0.2, 0) is 0 Å². The molecule has 1 aromatic rings. The minimum absolute atomic E-state index is 0.575. The Kier molecular flexibility index (Phi) is 3.94. The van der Waals surface area contributed by atoms with Crippen molar-refractivity contribution >= 4 is 40.3 Å². The summed E-state index contributed by atoms with van der Waals surface area (Å²) in [5.74, 6) is 0.575. The normalized spacial score (nSPS) is 10.7. The van der Waals surface area contributed by atoms with Crippen molar-refractivity contribution < 1.29 is 0 Å². The molecule has 0 aliphatic rings. The summed E-state index contributed by atoms with van der Waals surface area (Å²) in [6.45, 7) is 0. The first-order valence-electron chi connectivity index (χ1n) is 3.31. The van der Waals surface area contributed by atoms with E-state index in [9.17, 15) is 0 Å². The summed E-state index contributed by atoms with van der Waals surface area (Å²) in [4.78, 5) is 0. The van der Waals surface area contributed by atoms with Crippen molar-refractivity contribution in [2.24, 2.45) is 0 Å². The van der Waals surface area contributed by atoms with Crippen LogP contribution in [0.15, 0.2) is 30.3 Å². The molecule has 0 spiro atoms. The predicted molar refractivity (Wildman–Crippen MR) is 58.9 cm³/mol. The van der Waals surface area contributed by atoms with Gasteiger partial charge in [-0.1, -0.05) is 24.3 Å². The van der Waals surface area contributed by atoms with Crippen molar-refractivity contribution in [2.75, 3.05) is 5.88 Å². The van der Waals surface area contributed by atoms with Crippen LogP contribution in [0.5, 0.6) is 0 Å². The summed E-state index contributed by atoms with van der Waals surface area (Å²) in [6, 6.07) is 8.28. The Hall–Kier alpha value is -0.0200. The van der Waals surface area contributed by atoms with Crippen LogP contribution < -0.4 is 0 Å². The smallest absolute Gasteiger partial charge is 0.0407 e. The van der Waals surface area contributed by atoms with Gasteiger partial charge in [-0.15, -0.1) is 11.6 Å². The molecule has 0 unspecified atom stereocenters. The van der Waals surface area contributed by atoms with Gasteiger partial charge in [0.15, 0.2) is 0 Å². The van der Waals surface area contributed by atoms with Crippen molar-refractivity contribution in [1.29, 1.82) is 0 Å². The lowest BCUT2D eigenvalue weighted by Gasteiger charge is -1.92. The summed E-state index contributed by atoms with van der Waals surface area (Å²) in [7, 11) is 0. The van der Waals surface area contributed by atoms with Gasteiger partial charge in [-0.3, -0.25) is 0 Å². The molecule has 0 radical (unpaired) electrons. The summed E-state index contributed by atoms with van der Waals surface area (Å²) in [6.07, 6.45) is 3.96. The third kappa shape index (κ3) is 3.25. The van der Waals surface area contributed by atoms with Crippen LogP contribution in [0.4, 0.5) is 0 Å². The quantitative estimate of drug-likeness (QED) is 0.573. The van der Waals surface area contributed by atoms with Crippen LogP contribution in [0.25, 0.3) is 6.08 Å². The van der Waals surface area contributed by atoms with E-state index in [4.69, 9.17) is 11.6 Å². The fourth-order valence-corrected chi connectivity index (χ4v) is 1.45. The topological polar surface area (TPSA) is 0 Å². The van der Waals surface area contributed by atoms with Crippen LogP contribution in [-0.4, -0.2) is 5.88 Å². The van der Waals surface area contributed by atoms with Gasteiger partial charge in [-0.25, -0.2) is 0 Å². The van der Waals surface area contributed by atoms with Crippen LogP contribution in [0, 0.1) is 3.57 Å². The Labute approximate surface area is 85.4 Å². The summed E-state index contributed by atoms with van der Waals surface area (Å²) >= 11 is 7.79. The Morgan fingerprint density at radius 3 is 2.91 bits per heavy atom. The molecule has 0 bridgehead atoms. The highest BCUT2D eigenvalue weighted by molar-refractivity contribution is 14.1. The fourth-order valence-electron chi connectivity index (χ4n) is 0.791. The molecule has 58 valence electrons. The number of benzene rings is 1. The second-order valence-electron chi connectivity index (χ2n) is 2.11. The molecule has 0 aliphatic heterocycles. The van der Waals surface area contributed by atoms with Gasteiger partial charge in [0.2, 0.25) is 0 Å². The van der Waals surface area contributed by atoms with Gasteiger partial charge in [-0.05, 0) is 40.3 Å². The molecular formula is C9H8ClI. The highest BCUT2D eigenvalue weighted by Gasteiger charge is 1.86. The second kappa shape index (κ2) is 4.78. The molecule has 0 atom stereocenters. The van der Waals surface area contributed by atoms with E-state index in [1.54, 1.807) is 0 Å². The van der Waals surface area contributed by atoms with Crippen molar-refractivity contribution in [2.45, 2.75) is 0 Å². The standard InChI is InChI=1S/C9H8ClI/c10-6-2-4-8-3-1-5-9(11)7-8/h1-5,7H,6H2. The van der Waals surface area contributed by atoms with E-state index in [1.165, 1.54) is 9.13 Å². The van der Waals surface area contributed by atoms with Crippen molar-refractivity contribution in [3.63, 3.8) is 0 Å². The molecule has 11 heavy (non-hydrogen) atoms. The number of hydrogen-bond donors (Lipinski definition) is 0. The van der Waals surface area contributed by atoms with E-state index in [0.717, 1.165) is 0 Å². The van der Waals surface area contributed by atoms with Crippen molar-refractivity contribution in [3.8, 4) is 0 Å². The predicted octanol–water partition coefficient (Wildman–Crippen LogP) is 3.54. The Morgan fingerprint density at radius 1 is 1.45 bits per heavy atom. The van der Waals surface area contributed by atoms with E-state index in [-0.39, 0.29) is 0 Å². The largest absolute Gasteiger partial charge is 0.122 e. The van der Waals surface area contributed by atoms with Gasteiger partial charge < -0.3 is 0 Å². The van der Waals surface area contributed by atoms with Crippen molar-refractivity contribution in [3.05, 3.63) is 39.5 Å². The average molecular weight is 279 g/mol. The van der Waals surface area contributed by atoms with Crippen LogP contribution in [0.2, 0.25) is 0 Å². The van der Waals surface area contributed by atoms with Gasteiger partial charge in [0.1, 0.15) is 0 Å². The summed E-state index contributed by atoms with van der Waals surface area (Å²) in [5.41, 5.74) is 1.21. The molecule has 0 amide bonds. The Morgan fingerprint density at radius 2 is 2.27 bits per heavy atom. The van der Waals surface area contributed by atoms with Gasteiger partial charge in [0.25, 0.3) is 0 Å². The monoisotopic (exact) mass is 278 g/mol. The van der Waals surface area contributed by atoms with E-state index in [0.29, 0.717) is 5.88 Å². The van der Waals surface area contributed by atoms with Crippen LogP contribution in [0.1, 0.15) is 5.56 Å². The Bertz CT molecular complexity index is 255. The SMILES string of the molecule is ClCC=Cc1cccc(I)c1. The van der Waals surface area contributed by atoms with E-state index in [1.807, 2.05) is 18.2 Å². The van der Waals surface area contributed by atoms with Gasteiger partial charge in [0, 0.05) is 9.45 Å². The third-order valence-corrected chi connectivity index (χ3v) is 2.10. The molecule has 1 rings (SSSR count). The zero-order valence-corrected chi connectivity index (χ0v) is 8.84. The molecule has 0 heterocycles. The zero-order chi connectivity index (χ0) is 8.10. The number of hydrogen-bond acceptors (Lipinski definition) is 0. The molecule has 1 aromatic carbocycles. The number of alkyl halides is 1. The highest BCUT2D eigenvalue weighted by Crippen LogP contribution is 2.08. The molecular weight excluding hydrogens is 270 g/mol.